The van der Waals surface area contributed by atoms with Gasteiger partial charge >= 0.3 is 0 Å². The third kappa shape index (κ3) is 3.42. The number of rotatable bonds is 2. The topological polar surface area (TPSA) is 6.48 Å². The number of para-hydroxylation sites is 2. The molecule has 0 N–H and O–H groups in total. The van der Waals surface area contributed by atoms with Crippen LogP contribution < -0.4 is 9.80 Å². The number of aryl methyl sites for hydroxylation is 2. The number of anilines is 6. The molecule has 7 rings (SSSR count). The SMILES string of the molecule is Cc1ccc(N2c3ccccc3Sc3c2ccc2c3C(C)(C)c3ccccc3N2c2ccc(C)cc2)cc1. The van der Waals surface area contributed by atoms with Crippen LogP contribution in [0.2, 0.25) is 0 Å². The molecule has 186 valence electrons. The van der Waals surface area contributed by atoms with Crippen LogP contribution in [-0.4, -0.2) is 0 Å². The first-order valence-electron chi connectivity index (χ1n) is 13.2. The molecule has 0 saturated carbocycles. The largest absolute Gasteiger partial charge is 0.310 e. The Balaban J connectivity index is 1.52. The van der Waals surface area contributed by atoms with Crippen molar-refractivity contribution in [1.82, 2.24) is 0 Å². The van der Waals surface area contributed by atoms with Gasteiger partial charge in [0, 0.05) is 32.1 Å². The van der Waals surface area contributed by atoms with Crippen LogP contribution in [-0.2, 0) is 5.41 Å². The van der Waals surface area contributed by atoms with Crippen molar-refractivity contribution in [3.8, 4) is 0 Å². The average Bonchev–Trinajstić information content (AvgIpc) is 2.93. The standard InChI is InChI=1S/C35H30N2S/c1-23-13-17-25(18-14-23)36-28-10-6-5-9-27(28)35(3,4)33-30(36)21-22-31-34(33)38-32-12-8-7-11-29(32)37(31)26-19-15-24(2)16-20-26/h5-22H,1-4H3. The molecule has 0 aliphatic carbocycles. The Labute approximate surface area is 229 Å². The summed E-state index contributed by atoms with van der Waals surface area (Å²) in [5, 5.41) is 0. The number of fused-ring (bicyclic) bond motifs is 5. The number of nitrogens with zero attached hydrogens (tertiary/aromatic N) is 2. The second kappa shape index (κ2) is 8.54. The second-order valence-electron chi connectivity index (χ2n) is 10.9. The Morgan fingerprint density at radius 1 is 0.526 bits per heavy atom. The maximum atomic E-state index is 2.45. The first-order chi connectivity index (χ1) is 18.4. The van der Waals surface area contributed by atoms with E-state index < -0.39 is 0 Å². The van der Waals surface area contributed by atoms with Gasteiger partial charge in [-0.2, -0.15) is 0 Å². The minimum atomic E-state index is -0.170. The molecule has 5 aromatic rings. The molecular weight excluding hydrogens is 480 g/mol. The summed E-state index contributed by atoms with van der Waals surface area (Å²) in [6, 6.07) is 40.1. The number of benzene rings is 5. The highest BCUT2D eigenvalue weighted by Crippen LogP contribution is 2.60. The fraction of sp³-hybridized carbons (Fsp3) is 0.143. The lowest BCUT2D eigenvalue weighted by molar-refractivity contribution is 0.618. The van der Waals surface area contributed by atoms with E-state index in [2.05, 4.69) is 147 Å². The van der Waals surface area contributed by atoms with Crippen molar-refractivity contribution in [3.63, 3.8) is 0 Å². The van der Waals surface area contributed by atoms with Gasteiger partial charge in [-0.05, 0) is 74.0 Å². The molecule has 2 nitrogen and oxygen atoms in total. The van der Waals surface area contributed by atoms with Crippen molar-refractivity contribution in [2.24, 2.45) is 0 Å². The molecule has 0 unspecified atom stereocenters. The molecule has 0 amide bonds. The van der Waals surface area contributed by atoms with Gasteiger partial charge in [-0.15, -0.1) is 0 Å². The van der Waals surface area contributed by atoms with Gasteiger partial charge in [0.2, 0.25) is 0 Å². The van der Waals surface area contributed by atoms with E-state index in [1.807, 2.05) is 11.8 Å². The normalized spacial score (nSPS) is 14.8. The van der Waals surface area contributed by atoms with Crippen molar-refractivity contribution in [2.45, 2.75) is 42.9 Å². The van der Waals surface area contributed by atoms with Gasteiger partial charge in [0.25, 0.3) is 0 Å². The fourth-order valence-corrected chi connectivity index (χ4v) is 7.36. The van der Waals surface area contributed by atoms with Crippen LogP contribution >= 0.6 is 11.8 Å². The number of hydrogen-bond donors (Lipinski definition) is 0. The van der Waals surface area contributed by atoms with Gasteiger partial charge in [-0.25, -0.2) is 0 Å². The van der Waals surface area contributed by atoms with Crippen LogP contribution in [0.15, 0.2) is 119 Å². The molecule has 38 heavy (non-hydrogen) atoms. The van der Waals surface area contributed by atoms with E-state index in [1.165, 1.54) is 66.2 Å². The molecule has 5 aromatic carbocycles. The summed E-state index contributed by atoms with van der Waals surface area (Å²) in [5.41, 5.74) is 12.5. The van der Waals surface area contributed by atoms with Gasteiger partial charge < -0.3 is 9.80 Å². The van der Waals surface area contributed by atoms with Crippen LogP contribution in [0.5, 0.6) is 0 Å². The van der Waals surface area contributed by atoms with Crippen molar-refractivity contribution in [2.75, 3.05) is 9.80 Å². The summed E-state index contributed by atoms with van der Waals surface area (Å²) in [6.45, 7) is 9.06. The molecule has 0 atom stereocenters. The molecule has 0 aromatic heterocycles. The monoisotopic (exact) mass is 510 g/mol. The predicted molar refractivity (Wildman–Crippen MR) is 162 cm³/mol. The first kappa shape index (κ1) is 23.2. The molecule has 2 heterocycles. The summed E-state index contributed by atoms with van der Waals surface area (Å²) < 4.78 is 0. The van der Waals surface area contributed by atoms with Crippen LogP contribution in [0.25, 0.3) is 0 Å². The lowest BCUT2D eigenvalue weighted by Crippen LogP contribution is -2.32. The van der Waals surface area contributed by atoms with E-state index >= 15 is 0 Å². The van der Waals surface area contributed by atoms with E-state index in [0.29, 0.717) is 0 Å². The molecule has 0 saturated heterocycles. The first-order valence-corrected chi connectivity index (χ1v) is 14.0. The summed E-state index contributed by atoms with van der Waals surface area (Å²) >= 11 is 1.91. The molecule has 0 spiro atoms. The molecular formula is C35H30N2S. The molecule has 0 bridgehead atoms. The summed E-state index contributed by atoms with van der Waals surface area (Å²) in [6.07, 6.45) is 0. The minimum Gasteiger partial charge on any atom is -0.310 e. The summed E-state index contributed by atoms with van der Waals surface area (Å²) in [4.78, 5) is 7.50. The van der Waals surface area contributed by atoms with Crippen LogP contribution in [0.4, 0.5) is 34.1 Å². The third-order valence-electron chi connectivity index (χ3n) is 7.94. The van der Waals surface area contributed by atoms with E-state index in [4.69, 9.17) is 0 Å². The van der Waals surface area contributed by atoms with Gasteiger partial charge in [-0.3, -0.25) is 0 Å². The van der Waals surface area contributed by atoms with Gasteiger partial charge in [-0.1, -0.05) is 91.3 Å². The van der Waals surface area contributed by atoms with Gasteiger partial charge in [0.1, 0.15) is 0 Å². The van der Waals surface area contributed by atoms with E-state index in [1.54, 1.807) is 0 Å². The van der Waals surface area contributed by atoms with E-state index in [0.717, 1.165) is 0 Å². The Morgan fingerprint density at radius 3 is 1.71 bits per heavy atom. The van der Waals surface area contributed by atoms with Crippen LogP contribution in [0.1, 0.15) is 36.1 Å². The maximum Gasteiger partial charge on any atom is 0.0606 e. The Morgan fingerprint density at radius 2 is 1.05 bits per heavy atom. The van der Waals surface area contributed by atoms with Crippen molar-refractivity contribution in [3.05, 3.63) is 131 Å². The highest BCUT2D eigenvalue weighted by molar-refractivity contribution is 7.99. The zero-order valence-corrected chi connectivity index (χ0v) is 23.0. The Bertz CT molecular complexity index is 1680. The number of hydrogen-bond acceptors (Lipinski definition) is 3. The van der Waals surface area contributed by atoms with Gasteiger partial charge in [0.05, 0.1) is 22.7 Å². The fourth-order valence-electron chi connectivity index (χ4n) is 6.00. The van der Waals surface area contributed by atoms with Crippen LogP contribution in [0.3, 0.4) is 0 Å². The zero-order valence-electron chi connectivity index (χ0n) is 22.2. The third-order valence-corrected chi connectivity index (χ3v) is 9.13. The average molecular weight is 511 g/mol. The van der Waals surface area contributed by atoms with Crippen molar-refractivity contribution >= 4 is 45.9 Å². The zero-order chi connectivity index (χ0) is 26.0. The second-order valence-corrected chi connectivity index (χ2v) is 11.9. The minimum absolute atomic E-state index is 0.170. The lowest BCUT2D eigenvalue weighted by atomic mass is 9.73. The highest BCUT2D eigenvalue weighted by Gasteiger charge is 2.41. The Hall–Kier alpha value is -3.95. The Kier molecular flexibility index (Phi) is 5.21. The smallest absolute Gasteiger partial charge is 0.0606 e. The lowest BCUT2D eigenvalue weighted by Gasteiger charge is -2.45. The quantitative estimate of drug-likeness (QED) is 0.229. The van der Waals surface area contributed by atoms with Crippen molar-refractivity contribution < 1.29 is 0 Å². The molecule has 2 aliphatic heterocycles. The summed E-state index contributed by atoms with van der Waals surface area (Å²) in [5.74, 6) is 0. The molecule has 2 aliphatic rings. The molecule has 0 fully saturated rings. The molecule has 3 heteroatoms. The van der Waals surface area contributed by atoms with E-state index in [9.17, 15) is 0 Å². The van der Waals surface area contributed by atoms with E-state index in [-0.39, 0.29) is 5.41 Å². The molecule has 0 radical (unpaired) electrons. The highest BCUT2D eigenvalue weighted by atomic mass is 32.2. The predicted octanol–water partition coefficient (Wildman–Crippen LogP) is 10.3. The summed E-state index contributed by atoms with van der Waals surface area (Å²) in [7, 11) is 0. The van der Waals surface area contributed by atoms with Crippen molar-refractivity contribution in [1.29, 1.82) is 0 Å². The van der Waals surface area contributed by atoms with Crippen LogP contribution in [0, 0.1) is 13.8 Å². The maximum absolute atomic E-state index is 2.45. The van der Waals surface area contributed by atoms with Gasteiger partial charge in [0.15, 0.2) is 0 Å².